The van der Waals surface area contributed by atoms with Crippen molar-refractivity contribution in [3.63, 3.8) is 0 Å². The lowest BCUT2D eigenvalue weighted by Crippen LogP contribution is -1.98. The molecule has 2 heterocycles. The monoisotopic (exact) mass is 333 g/mol. The van der Waals surface area contributed by atoms with E-state index in [1.807, 2.05) is 48.7 Å². The summed E-state index contributed by atoms with van der Waals surface area (Å²) < 4.78 is 0.951. The number of hydrogen-bond acceptors (Lipinski definition) is 3. The van der Waals surface area contributed by atoms with Gasteiger partial charge in [-0.15, -0.1) is 11.3 Å². The first-order valence-corrected chi connectivity index (χ1v) is 7.60. The Hall–Kier alpha value is -1.23. The third-order valence-corrected chi connectivity index (χ3v) is 4.98. The van der Waals surface area contributed by atoms with Crippen LogP contribution in [-0.2, 0) is 0 Å². The summed E-state index contributed by atoms with van der Waals surface area (Å²) in [5, 5.41) is 13.5. The fourth-order valence-electron chi connectivity index (χ4n) is 2.07. The van der Waals surface area contributed by atoms with Crippen LogP contribution < -0.4 is 0 Å². The van der Waals surface area contributed by atoms with E-state index in [-0.39, 0.29) is 0 Å². The third-order valence-electron chi connectivity index (χ3n) is 3.06. The highest BCUT2D eigenvalue weighted by Gasteiger charge is 2.15. The summed E-state index contributed by atoms with van der Waals surface area (Å²) >= 11 is 5.01. The van der Waals surface area contributed by atoms with Gasteiger partial charge in [0, 0.05) is 15.6 Å². The van der Waals surface area contributed by atoms with Crippen molar-refractivity contribution in [3.8, 4) is 0 Å². The molecule has 0 bridgehead atoms. The average molecular weight is 334 g/mol. The molecule has 0 amide bonds. The number of benzene rings is 1. The molecule has 1 N–H and O–H groups in total. The summed E-state index contributed by atoms with van der Waals surface area (Å²) in [6.45, 7) is 1.98. The van der Waals surface area contributed by atoms with Gasteiger partial charge in [0.15, 0.2) is 0 Å². The minimum Gasteiger partial charge on any atom is -0.383 e. The van der Waals surface area contributed by atoms with Crippen molar-refractivity contribution in [1.29, 1.82) is 0 Å². The zero-order valence-corrected chi connectivity index (χ0v) is 12.7. The van der Waals surface area contributed by atoms with Crippen LogP contribution in [0.2, 0.25) is 0 Å². The minimum absolute atomic E-state index is 0.597. The molecule has 0 aliphatic heterocycles. The summed E-state index contributed by atoms with van der Waals surface area (Å²) in [6, 6.07) is 11.9. The number of hydrogen-bond donors (Lipinski definition) is 1. The number of nitrogens with zero attached hydrogens (tertiary/aromatic N) is 1. The van der Waals surface area contributed by atoms with Gasteiger partial charge in [0.05, 0.1) is 10.4 Å². The van der Waals surface area contributed by atoms with Crippen molar-refractivity contribution >= 4 is 38.2 Å². The lowest BCUT2D eigenvalue weighted by Gasteiger charge is -2.11. The summed E-state index contributed by atoms with van der Waals surface area (Å²) in [5.41, 5.74) is 2.85. The van der Waals surface area contributed by atoms with Gasteiger partial charge in [-0.05, 0) is 58.1 Å². The van der Waals surface area contributed by atoms with Crippen LogP contribution in [0.3, 0.4) is 0 Å². The second-order valence-electron chi connectivity index (χ2n) is 4.44. The zero-order chi connectivity index (χ0) is 13.4. The number of aromatic nitrogens is 1. The Morgan fingerprint density at radius 1 is 1.21 bits per heavy atom. The van der Waals surface area contributed by atoms with E-state index in [1.165, 1.54) is 0 Å². The maximum Gasteiger partial charge on any atom is 0.114 e. The number of aliphatic hydroxyl groups excluding tert-OH is 1. The molecule has 1 atom stereocenters. The number of halogens is 1. The van der Waals surface area contributed by atoms with Gasteiger partial charge < -0.3 is 5.11 Å². The fraction of sp³-hybridized carbons (Fsp3) is 0.133. The maximum absolute atomic E-state index is 10.4. The first kappa shape index (κ1) is 12.8. The Kier molecular flexibility index (Phi) is 3.39. The van der Waals surface area contributed by atoms with Gasteiger partial charge in [-0.25, -0.2) is 0 Å². The highest BCUT2D eigenvalue weighted by Crippen LogP contribution is 2.33. The predicted octanol–water partition coefficient (Wildman–Crippen LogP) is 4.45. The lowest BCUT2D eigenvalue weighted by atomic mass is 10.0. The van der Waals surface area contributed by atoms with Crippen molar-refractivity contribution < 1.29 is 5.11 Å². The van der Waals surface area contributed by atoms with Crippen LogP contribution >= 0.6 is 27.3 Å². The molecule has 2 nitrogen and oxygen atoms in total. The molecule has 3 aromatic rings. The van der Waals surface area contributed by atoms with Crippen LogP contribution in [0.25, 0.3) is 10.9 Å². The summed E-state index contributed by atoms with van der Waals surface area (Å²) in [4.78, 5) is 5.40. The van der Waals surface area contributed by atoms with Gasteiger partial charge in [0.1, 0.15) is 6.10 Å². The second-order valence-corrected chi connectivity index (χ2v) is 6.24. The normalized spacial score (nSPS) is 12.8. The summed E-state index contributed by atoms with van der Waals surface area (Å²) in [5.74, 6) is 0. The van der Waals surface area contributed by atoms with Crippen LogP contribution in [-0.4, -0.2) is 10.1 Å². The molecule has 1 unspecified atom stereocenters. The van der Waals surface area contributed by atoms with Gasteiger partial charge in [0.25, 0.3) is 0 Å². The van der Waals surface area contributed by atoms with Crippen LogP contribution in [0.15, 0.2) is 46.3 Å². The molecular formula is C15H12BrNOS. The predicted molar refractivity (Wildman–Crippen MR) is 82.6 cm³/mol. The molecule has 0 spiro atoms. The van der Waals surface area contributed by atoms with E-state index in [2.05, 4.69) is 20.9 Å². The van der Waals surface area contributed by atoms with E-state index in [0.29, 0.717) is 0 Å². The summed E-state index contributed by atoms with van der Waals surface area (Å²) in [6.07, 6.45) is -0.597. The molecule has 3 rings (SSSR count). The first-order valence-electron chi connectivity index (χ1n) is 5.93. The van der Waals surface area contributed by atoms with Gasteiger partial charge in [-0.1, -0.05) is 12.1 Å². The molecule has 4 heteroatoms. The second kappa shape index (κ2) is 5.04. The number of thiophene rings is 1. The van der Waals surface area contributed by atoms with Crippen LogP contribution in [0, 0.1) is 6.92 Å². The SMILES string of the molecule is Cc1ccc2cc(C(O)c3sccc3Br)ccc2n1. The molecule has 96 valence electrons. The van der Waals surface area contributed by atoms with Crippen molar-refractivity contribution in [2.45, 2.75) is 13.0 Å². The average Bonchev–Trinajstić information content (AvgIpc) is 2.83. The molecule has 1 aromatic carbocycles. The molecule has 0 radical (unpaired) electrons. The zero-order valence-electron chi connectivity index (χ0n) is 10.3. The van der Waals surface area contributed by atoms with E-state index < -0.39 is 6.10 Å². The highest BCUT2D eigenvalue weighted by molar-refractivity contribution is 9.10. The molecular weight excluding hydrogens is 322 g/mol. The highest BCUT2D eigenvalue weighted by atomic mass is 79.9. The van der Waals surface area contributed by atoms with Crippen molar-refractivity contribution in [2.24, 2.45) is 0 Å². The van der Waals surface area contributed by atoms with Crippen LogP contribution in [0.1, 0.15) is 22.2 Å². The van der Waals surface area contributed by atoms with E-state index in [9.17, 15) is 5.11 Å². The fourth-order valence-corrected chi connectivity index (χ4v) is 3.67. The van der Waals surface area contributed by atoms with Crippen LogP contribution in [0.5, 0.6) is 0 Å². The van der Waals surface area contributed by atoms with Crippen molar-refractivity contribution in [1.82, 2.24) is 4.98 Å². The number of rotatable bonds is 2. The molecule has 0 saturated heterocycles. The Labute approximate surface area is 123 Å². The Morgan fingerprint density at radius 2 is 2.05 bits per heavy atom. The smallest absolute Gasteiger partial charge is 0.114 e. The minimum atomic E-state index is -0.597. The molecule has 0 saturated carbocycles. The van der Waals surface area contributed by atoms with Gasteiger partial charge >= 0.3 is 0 Å². The topological polar surface area (TPSA) is 33.1 Å². The number of aliphatic hydroxyl groups is 1. The standard InChI is InChI=1S/C15H12BrNOS/c1-9-2-3-10-8-11(4-5-13(10)17-9)14(18)15-12(16)6-7-19-15/h2-8,14,18H,1H3. The number of fused-ring (bicyclic) bond motifs is 1. The van der Waals surface area contributed by atoms with Crippen LogP contribution in [0.4, 0.5) is 0 Å². The Bertz CT molecular complexity index is 738. The molecule has 0 aliphatic carbocycles. The molecule has 0 fully saturated rings. The van der Waals surface area contributed by atoms with Gasteiger partial charge in [-0.3, -0.25) is 4.98 Å². The Balaban J connectivity index is 2.06. The van der Waals surface area contributed by atoms with Crippen molar-refractivity contribution in [3.05, 3.63) is 62.4 Å². The largest absolute Gasteiger partial charge is 0.383 e. The Morgan fingerprint density at radius 3 is 2.79 bits per heavy atom. The number of aryl methyl sites for hydroxylation is 1. The first-order chi connectivity index (χ1) is 9.15. The molecule has 0 aliphatic rings. The lowest BCUT2D eigenvalue weighted by molar-refractivity contribution is 0.223. The van der Waals surface area contributed by atoms with Gasteiger partial charge in [-0.2, -0.15) is 0 Å². The van der Waals surface area contributed by atoms with Crippen molar-refractivity contribution in [2.75, 3.05) is 0 Å². The van der Waals surface area contributed by atoms with Gasteiger partial charge in [0.2, 0.25) is 0 Å². The molecule has 2 aromatic heterocycles. The maximum atomic E-state index is 10.4. The summed E-state index contributed by atoms with van der Waals surface area (Å²) in [7, 11) is 0. The molecule has 19 heavy (non-hydrogen) atoms. The van der Waals surface area contributed by atoms with E-state index in [1.54, 1.807) is 11.3 Å². The van der Waals surface area contributed by atoms with E-state index in [4.69, 9.17) is 0 Å². The van der Waals surface area contributed by atoms with E-state index in [0.717, 1.165) is 31.5 Å². The third kappa shape index (κ3) is 2.43. The number of pyridine rings is 1. The van der Waals surface area contributed by atoms with E-state index >= 15 is 0 Å². The quantitative estimate of drug-likeness (QED) is 0.751.